The maximum absolute atomic E-state index is 10.3. The van der Waals surface area contributed by atoms with Crippen LogP contribution >= 0.6 is 0 Å². The molecule has 1 atom stereocenters. The van der Waals surface area contributed by atoms with E-state index in [4.69, 9.17) is 15.9 Å². The summed E-state index contributed by atoms with van der Waals surface area (Å²) in [5.74, 6) is -2.70. The largest absolute Gasteiger partial charge is 0.481 e. The summed E-state index contributed by atoms with van der Waals surface area (Å²) in [6.07, 6.45) is -0.805. The molecule has 6 heteroatoms. The van der Waals surface area contributed by atoms with E-state index < -0.39 is 30.3 Å². The van der Waals surface area contributed by atoms with E-state index in [1.54, 1.807) is 0 Å². The molecule has 68 valence electrons. The van der Waals surface area contributed by atoms with Gasteiger partial charge in [-0.05, 0) is 6.42 Å². The first kappa shape index (κ1) is 10.6. The number of aldehydes is 1. The lowest BCUT2D eigenvalue weighted by Gasteiger charge is -2.15. The number of rotatable bonds is 5. The van der Waals surface area contributed by atoms with Crippen molar-refractivity contribution in [2.24, 2.45) is 5.73 Å². The van der Waals surface area contributed by atoms with Crippen LogP contribution in [-0.4, -0.2) is 34.0 Å². The second kappa shape index (κ2) is 3.82. The van der Waals surface area contributed by atoms with Crippen LogP contribution in [0.1, 0.15) is 12.8 Å². The molecule has 0 fully saturated rings. The lowest BCUT2D eigenvalue weighted by molar-refractivity contribution is -0.146. The molecule has 0 saturated carbocycles. The lowest BCUT2D eigenvalue weighted by Crippen LogP contribution is -2.49. The van der Waals surface area contributed by atoms with Crippen molar-refractivity contribution >= 4 is 18.2 Å². The van der Waals surface area contributed by atoms with Crippen molar-refractivity contribution in [2.45, 2.75) is 18.4 Å². The highest BCUT2D eigenvalue weighted by Crippen LogP contribution is 2.06. The van der Waals surface area contributed by atoms with Gasteiger partial charge in [-0.2, -0.15) is 0 Å². The third-order valence-electron chi connectivity index (χ3n) is 1.36. The summed E-state index contributed by atoms with van der Waals surface area (Å²) in [6, 6.07) is 0. The predicted octanol–water partition coefficient (Wildman–Crippen LogP) is -1.17. The number of carboxylic acids is 2. The molecular weight excluding hydrogens is 166 g/mol. The topological polar surface area (TPSA) is 118 Å². The van der Waals surface area contributed by atoms with Gasteiger partial charge in [0.1, 0.15) is 0 Å². The Morgan fingerprint density at radius 2 is 1.92 bits per heavy atom. The van der Waals surface area contributed by atoms with E-state index >= 15 is 0 Å². The van der Waals surface area contributed by atoms with Gasteiger partial charge in [0.25, 0.3) is 0 Å². The minimum Gasteiger partial charge on any atom is -0.481 e. The summed E-state index contributed by atoms with van der Waals surface area (Å²) in [5.41, 5.74) is 2.99. The van der Waals surface area contributed by atoms with Crippen LogP contribution in [0.5, 0.6) is 0 Å². The molecule has 6 nitrogen and oxygen atoms in total. The van der Waals surface area contributed by atoms with Crippen LogP contribution in [0.4, 0.5) is 0 Å². The monoisotopic (exact) mass is 175 g/mol. The zero-order valence-electron chi connectivity index (χ0n) is 6.19. The quantitative estimate of drug-likeness (QED) is 0.358. The summed E-state index contributed by atoms with van der Waals surface area (Å²) in [6.45, 7) is 0. The van der Waals surface area contributed by atoms with Crippen LogP contribution in [0, 0.1) is 0 Å². The van der Waals surface area contributed by atoms with Gasteiger partial charge in [-0.15, -0.1) is 0 Å². The smallest absolute Gasteiger partial charge is 0.331 e. The minimum atomic E-state index is -2.07. The van der Waals surface area contributed by atoms with Crippen LogP contribution in [0.3, 0.4) is 0 Å². The zero-order valence-corrected chi connectivity index (χ0v) is 6.19. The molecule has 0 saturated heterocycles. The fourth-order valence-electron chi connectivity index (χ4n) is 0.530. The van der Waals surface area contributed by atoms with E-state index in [0.29, 0.717) is 0 Å². The van der Waals surface area contributed by atoms with E-state index in [0.717, 1.165) is 0 Å². The summed E-state index contributed by atoms with van der Waals surface area (Å²) in [5, 5.41) is 16.6. The second-order valence-corrected chi connectivity index (χ2v) is 2.36. The van der Waals surface area contributed by atoms with Crippen LogP contribution in [-0.2, 0) is 14.4 Å². The molecule has 0 bridgehead atoms. The summed E-state index contributed by atoms with van der Waals surface area (Å²) in [7, 11) is 0. The van der Waals surface area contributed by atoms with Gasteiger partial charge in [-0.1, -0.05) is 0 Å². The molecule has 0 aromatic carbocycles. The molecule has 0 aliphatic heterocycles. The van der Waals surface area contributed by atoms with Crippen molar-refractivity contribution in [2.75, 3.05) is 0 Å². The van der Waals surface area contributed by atoms with E-state index in [-0.39, 0.29) is 6.29 Å². The van der Waals surface area contributed by atoms with Crippen LogP contribution in [0.15, 0.2) is 0 Å². The Morgan fingerprint density at radius 1 is 1.42 bits per heavy atom. The Labute approximate surface area is 68.0 Å². The van der Waals surface area contributed by atoms with E-state index in [1.807, 2.05) is 0 Å². The number of hydrogen-bond donors (Lipinski definition) is 3. The fraction of sp³-hybridized carbons (Fsp3) is 0.500. The number of carbonyl (C=O) groups is 3. The van der Waals surface area contributed by atoms with Gasteiger partial charge in [-0.25, -0.2) is 4.79 Å². The first-order valence-electron chi connectivity index (χ1n) is 3.13. The number of nitrogens with two attached hydrogens (primary N) is 1. The van der Waals surface area contributed by atoms with Gasteiger partial charge in [0.15, 0.2) is 11.8 Å². The predicted molar refractivity (Wildman–Crippen MR) is 37.5 cm³/mol. The molecule has 0 heterocycles. The highest BCUT2D eigenvalue weighted by molar-refractivity contribution is 5.97. The third-order valence-corrected chi connectivity index (χ3v) is 1.36. The van der Waals surface area contributed by atoms with Gasteiger partial charge >= 0.3 is 11.9 Å². The maximum atomic E-state index is 10.3. The Balaban J connectivity index is 4.25. The first-order valence-corrected chi connectivity index (χ1v) is 3.13. The Hall–Kier alpha value is -1.43. The lowest BCUT2D eigenvalue weighted by atomic mass is 9.97. The van der Waals surface area contributed by atoms with Crippen molar-refractivity contribution in [3.63, 3.8) is 0 Å². The Bertz CT molecular complexity index is 214. The number of carbonyl (C=O) groups excluding carboxylic acids is 1. The van der Waals surface area contributed by atoms with Crippen molar-refractivity contribution in [3.05, 3.63) is 0 Å². The molecule has 0 aromatic heterocycles. The third kappa shape index (κ3) is 2.67. The molecule has 12 heavy (non-hydrogen) atoms. The minimum absolute atomic E-state index is 0.0400. The van der Waals surface area contributed by atoms with Gasteiger partial charge in [-0.3, -0.25) is 4.79 Å². The van der Waals surface area contributed by atoms with Gasteiger partial charge in [0, 0.05) is 6.42 Å². The average Bonchev–Trinajstić information content (AvgIpc) is 1.99. The van der Waals surface area contributed by atoms with Crippen LogP contribution in [0.25, 0.3) is 0 Å². The van der Waals surface area contributed by atoms with E-state index in [1.165, 1.54) is 0 Å². The van der Waals surface area contributed by atoms with Crippen LogP contribution < -0.4 is 5.73 Å². The SMILES string of the molecule is N[C@@](C=O)(CCC(=O)O)C(=O)O. The molecule has 4 N–H and O–H groups in total. The Morgan fingerprint density at radius 3 is 2.17 bits per heavy atom. The molecule has 0 radical (unpaired) electrons. The number of aliphatic carboxylic acids is 2. The standard InChI is InChI=1S/C6H9NO5/c7-6(3-8,5(11)12)2-1-4(9)10/h3H,1-2,7H2,(H,9,10)(H,11,12)/t6-/m1/s1. The van der Waals surface area contributed by atoms with E-state index in [9.17, 15) is 14.4 Å². The van der Waals surface area contributed by atoms with Crippen molar-refractivity contribution in [1.82, 2.24) is 0 Å². The Kier molecular flexibility index (Phi) is 3.36. The first-order chi connectivity index (χ1) is 5.42. The van der Waals surface area contributed by atoms with E-state index in [2.05, 4.69) is 0 Å². The fourth-order valence-corrected chi connectivity index (χ4v) is 0.530. The van der Waals surface area contributed by atoms with Crippen molar-refractivity contribution < 1.29 is 24.6 Å². The van der Waals surface area contributed by atoms with Gasteiger partial charge in [0.05, 0.1) is 0 Å². The molecule has 0 spiro atoms. The average molecular weight is 175 g/mol. The molecule has 0 amide bonds. The maximum Gasteiger partial charge on any atom is 0.331 e. The zero-order chi connectivity index (χ0) is 9.78. The van der Waals surface area contributed by atoms with Gasteiger partial charge in [0.2, 0.25) is 0 Å². The molecule has 0 aromatic rings. The van der Waals surface area contributed by atoms with Crippen molar-refractivity contribution in [3.8, 4) is 0 Å². The summed E-state index contributed by atoms with van der Waals surface area (Å²) >= 11 is 0. The molecule has 0 rings (SSSR count). The summed E-state index contributed by atoms with van der Waals surface area (Å²) < 4.78 is 0. The molecular formula is C6H9NO5. The second-order valence-electron chi connectivity index (χ2n) is 2.36. The highest BCUT2D eigenvalue weighted by Gasteiger charge is 2.33. The molecule has 0 aliphatic rings. The van der Waals surface area contributed by atoms with Crippen molar-refractivity contribution in [1.29, 1.82) is 0 Å². The normalized spacial score (nSPS) is 14.8. The molecule has 0 aliphatic carbocycles. The van der Waals surface area contributed by atoms with Crippen LogP contribution in [0.2, 0.25) is 0 Å². The number of carboxylic acid groups (broad SMARTS) is 2. The number of hydrogen-bond acceptors (Lipinski definition) is 4. The van der Waals surface area contributed by atoms with Gasteiger partial charge < -0.3 is 20.7 Å². The highest BCUT2D eigenvalue weighted by atomic mass is 16.4. The summed E-state index contributed by atoms with van der Waals surface area (Å²) in [4.78, 5) is 30.5. The molecule has 0 unspecified atom stereocenters.